The second-order valence-corrected chi connectivity index (χ2v) is 8.33. The van der Waals surface area contributed by atoms with Crippen LogP contribution in [0.1, 0.15) is 18.1 Å². The van der Waals surface area contributed by atoms with E-state index < -0.39 is 23.3 Å². The zero-order valence-corrected chi connectivity index (χ0v) is 19.8. The Morgan fingerprint density at radius 2 is 1.78 bits per heavy atom. The number of rotatable bonds is 8. The summed E-state index contributed by atoms with van der Waals surface area (Å²) >= 11 is 0. The average Bonchev–Trinajstić information content (AvgIpc) is 2.87. The lowest BCUT2D eigenvalue weighted by Crippen LogP contribution is -2.51. The van der Waals surface area contributed by atoms with Crippen molar-refractivity contribution in [3.05, 3.63) is 111 Å². The second kappa shape index (κ2) is 10.7. The van der Waals surface area contributed by atoms with E-state index in [0.29, 0.717) is 17.3 Å². The van der Waals surface area contributed by atoms with Crippen LogP contribution in [0.25, 0.3) is 0 Å². The first-order valence-corrected chi connectivity index (χ1v) is 11.3. The molecule has 0 aliphatic carbocycles. The van der Waals surface area contributed by atoms with Crippen LogP contribution in [0.3, 0.4) is 0 Å². The van der Waals surface area contributed by atoms with Gasteiger partial charge in [-0.3, -0.25) is 14.3 Å². The summed E-state index contributed by atoms with van der Waals surface area (Å²) in [4.78, 5) is 48.6. The van der Waals surface area contributed by atoms with Crippen molar-refractivity contribution in [1.82, 2.24) is 19.1 Å². The average molecular weight is 488 g/mol. The van der Waals surface area contributed by atoms with Crippen LogP contribution in [0.4, 0.5) is 5.69 Å². The highest BCUT2D eigenvalue weighted by Gasteiger charge is 2.17. The summed E-state index contributed by atoms with van der Waals surface area (Å²) in [6.07, 6.45) is 1.63. The molecule has 2 aromatic heterocycles. The summed E-state index contributed by atoms with van der Waals surface area (Å²) in [7, 11) is 0. The lowest BCUT2D eigenvalue weighted by atomic mass is 10.1. The molecule has 0 radical (unpaired) electrons. The summed E-state index contributed by atoms with van der Waals surface area (Å²) in [6, 6.07) is 19.7. The van der Waals surface area contributed by atoms with Gasteiger partial charge in [0.15, 0.2) is 0 Å². The number of aryl methyl sites for hydroxylation is 1. The van der Waals surface area contributed by atoms with E-state index in [-0.39, 0.29) is 18.7 Å². The Labute approximate surface area is 205 Å². The van der Waals surface area contributed by atoms with Gasteiger partial charge in [-0.25, -0.2) is 24.1 Å². The van der Waals surface area contributed by atoms with Crippen molar-refractivity contribution >= 4 is 11.7 Å². The molecule has 0 spiro atoms. The van der Waals surface area contributed by atoms with E-state index in [1.807, 2.05) is 37.3 Å². The highest BCUT2D eigenvalue weighted by molar-refractivity contribution is 5.69. The van der Waals surface area contributed by atoms with Gasteiger partial charge in [0.2, 0.25) is 11.5 Å². The molecule has 0 unspecified atom stereocenters. The minimum Gasteiger partial charge on any atom is -0.481 e. The number of nitrogens with one attached hydrogen (secondary N) is 1. The van der Waals surface area contributed by atoms with Crippen molar-refractivity contribution < 1.29 is 14.6 Å². The number of aromatic amines is 1. The van der Waals surface area contributed by atoms with Crippen molar-refractivity contribution in [3.63, 3.8) is 0 Å². The van der Waals surface area contributed by atoms with E-state index in [2.05, 4.69) is 15.0 Å². The van der Waals surface area contributed by atoms with Gasteiger partial charge in [0.25, 0.3) is 0 Å². The monoisotopic (exact) mass is 487 g/mol. The van der Waals surface area contributed by atoms with Crippen LogP contribution in [0.15, 0.2) is 87.5 Å². The molecule has 2 N–H and O–H groups in total. The third-order valence-corrected chi connectivity index (χ3v) is 5.45. The minimum atomic E-state index is -1.10. The highest BCUT2D eigenvalue weighted by Crippen LogP contribution is 2.22. The smallest absolute Gasteiger partial charge is 0.335 e. The Hall–Kier alpha value is -4.73. The molecule has 0 amide bonds. The maximum atomic E-state index is 13.3. The largest absolute Gasteiger partial charge is 0.481 e. The molecule has 2 aromatic carbocycles. The van der Waals surface area contributed by atoms with Gasteiger partial charge in [0.1, 0.15) is 5.75 Å². The highest BCUT2D eigenvalue weighted by atomic mass is 16.5. The third kappa shape index (κ3) is 5.84. The van der Waals surface area contributed by atoms with Gasteiger partial charge >= 0.3 is 17.3 Å². The topological polar surface area (TPSA) is 132 Å². The number of aromatic nitrogens is 4. The van der Waals surface area contributed by atoms with Gasteiger partial charge in [-0.1, -0.05) is 42.8 Å². The molecule has 0 bridgehead atoms. The molecular formula is C26H25N5O5. The number of hydrogen-bond acceptors (Lipinski definition) is 6. The first kappa shape index (κ1) is 24.4. The molecule has 2 heterocycles. The number of carboxylic acids is 1. The van der Waals surface area contributed by atoms with E-state index in [4.69, 9.17) is 4.74 Å². The Kier molecular flexibility index (Phi) is 7.24. The molecule has 0 saturated heterocycles. The molecule has 0 aliphatic rings. The van der Waals surface area contributed by atoms with Crippen LogP contribution in [-0.2, 0) is 17.9 Å². The molecule has 0 aliphatic heterocycles. The Balaban J connectivity index is 1.75. The van der Waals surface area contributed by atoms with Crippen molar-refractivity contribution in [3.8, 4) is 11.6 Å². The van der Waals surface area contributed by atoms with Crippen LogP contribution < -0.4 is 21.7 Å². The quantitative estimate of drug-likeness (QED) is 0.393. The molecule has 10 nitrogen and oxygen atoms in total. The fraction of sp³-hybridized carbons (Fsp3) is 0.192. The normalized spacial score (nSPS) is 12.3. The van der Waals surface area contributed by atoms with Crippen molar-refractivity contribution in [2.24, 2.45) is 10.9 Å². The number of hydrogen-bond donors (Lipinski definition) is 2. The van der Waals surface area contributed by atoms with Gasteiger partial charge in [0, 0.05) is 18.8 Å². The first-order chi connectivity index (χ1) is 17.3. The summed E-state index contributed by atoms with van der Waals surface area (Å²) in [5.74, 6) is -1.03. The lowest BCUT2D eigenvalue weighted by Gasteiger charge is -2.13. The molecular weight excluding hydrogens is 462 g/mol. The van der Waals surface area contributed by atoms with Crippen molar-refractivity contribution in [2.75, 3.05) is 0 Å². The van der Waals surface area contributed by atoms with E-state index in [0.717, 1.165) is 15.7 Å². The summed E-state index contributed by atoms with van der Waals surface area (Å²) in [6.45, 7) is 3.26. The molecule has 1 atom stereocenters. The lowest BCUT2D eigenvalue weighted by molar-refractivity contribution is -0.141. The number of H-pyrrole nitrogens is 1. The van der Waals surface area contributed by atoms with Gasteiger partial charge in [-0.15, -0.1) is 0 Å². The zero-order chi connectivity index (χ0) is 25.7. The SMILES string of the molecule is Cc1ccc(Cn2c(=O)n(C[C@@H](C)C(=O)O)c(=O)[nH]/c2=N\c2ccc(Oc3ccccn3)cc2)cc1. The number of carboxylic acid groups (broad SMARTS) is 1. The van der Waals surface area contributed by atoms with Gasteiger partial charge in [0.05, 0.1) is 18.2 Å². The molecule has 184 valence electrons. The van der Waals surface area contributed by atoms with E-state index >= 15 is 0 Å². The molecule has 10 heteroatoms. The summed E-state index contributed by atoms with van der Waals surface area (Å²) < 4.78 is 7.89. The number of pyridine rings is 1. The van der Waals surface area contributed by atoms with Crippen LogP contribution in [-0.4, -0.2) is 30.2 Å². The van der Waals surface area contributed by atoms with E-state index in [1.165, 1.54) is 11.5 Å². The van der Waals surface area contributed by atoms with Crippen LogP contribution in [0.5, 0.6) is 11.6 Å². The van der Waals surface area contributed by atoms with Gasteiger partial charge < -0.3 is 9.84 Å². The number of carbonyl (C=O) groups is 1. The maximum absolute atomic E-state index is 13.3. The fourth-order valence-corrected chi connectivity index (χ4v) is 3.41. The maximum Gasteiger partial charge on any atom is 0.335 e. The zero-order valence-electron chi connectivity index (χ0n) is 19.8. The first-order valence-electron chi connectivity index (χ1n) is 11.3. The molecule has 4 rings (SSSR count). The standard InChI is InChI=1S/C26H25N5O5/c1-17-6-8-19(9-7-17)16-30-24(29-25(34)31(26(30)35)15-18(2)23(32)33)28-20-10-12-21(13-11-20)36-22-5-3-4-14-27-22/h3-14,18H,15-16H2,1-2H3,(H,32,33)(H,28,29,34)/t18-/m1/s1. The minimum absolute atomic E-state index is 0.0446. The van der Waals surface area contributed by atoms with Gasteiger partial charge in [-0.2, -0.15) is 0 Å². The number of nitrogens with zero attached hydrogens (tertiary/aromatic N) is 4. The molecule has 36 heavy (non-hydrogen) atoms. The molecule has 4 aromatic rings. The summed E-state index contributed by atoms with van der Waals surface area (Å²) in [5, 5.41) is 9.25. The molecule has 0 fully saturated rings. The van der Waals surface area contributed by atoms with Crippen molar-refractivity contribution in [1.29, 1.82) is 0 Å². The Bertz CT molecular complexity index is 1540. The van der Waals surface area contributed by atoms with Crippen molar-refractivity contribution in [2.45, 2.75) is 26.9 Å². The molecule has 0 saturated carbocycles. The Morgan fingerprint density at radius 1 is 1.06 bits per heavy atom. The Morgan fingerprint density at radius 3 is 2.42 bits per heavy atom. The van der Waals surface area contributed by atoms with E-state index in [1.54, 1.807) is 42.6 Å². The third-order valence-electron chi connectivity index (χ3n) is 5.45. The van der Waals surface area contributed by atoms with E-state index in [9.17, 15) is 19.5 Å². The second-order valence-electron chi connectivity index (χ2n) is 8.33. The number of aliphatic carboxylic acids is 1. The van der Waals surface area contributed by atoms with Crippen LogP contribution >= 0.6 is 0 Å². The predicted octanol–water partition coefficient (Wildman–Crippen LogP) is 2.84. The summed E-state index contributed by atoms with van der Waals surface area (Å²) in [5.41, 5.74) is 1.03. The van der Waals surface area contributed by atoms with Gasteiger partial charge in [-0.05, 0) is 42.8 Å². The number of ether oxygens (including phenoxy) is 1. The predicted molar refractivity (Wildman–Crippen MR) is 132 cm³/mol. The van der Waals surface area contributed by atoms with Crippen LogP contribution in [0, 0.1) is 12.8 Å². The number of benzene rings is 2. The van der Waals surface area contributed by atoms with Crippen LogP contribution in [0.2, 0.25) is 0 Å². The fourth-order valence-electron chi connectivity index (χ4n) is 3.41.